The highest BCUT2D eigenvalue weighted by Gasteiger charge is 2.46. The lowest BCUT2D eigenvalue weighted by Gasteiger charge is -2.35. The minimum atomic E-state index is -0.542. The molecule has 2 aromatic heterocycles. The van der Waals surface area contributed by atoms with Gasteiger partial charge in [0.05, 0.1) is 11.1 Å². The molecule has 0 amide bonds. The predicted octanol–water partition coefficient (Wildman–Crippen LogP) is 18.3. The Morgan fingerprint density at radius 3 is 1.82 bits per heavy atom. The van der Waals surface area contributed by atoms with E-state index in [0.717, 1.165) is 55.5 Å². The van der Waals surface area contributed by atoms with Crippen LogP contribution in [0.1, 0.15) is 22.3 Å². The Labute approximate surface area is 398 Å². The molecule has 2 heterocycles. The summed E-state index contributed by atoms with van der Waals surface area (Å²) in [6.07, 6.45) is 0. The summed E-state index contributed by atoms with van der Waals surface area (Å²) in [5.41, 5.74) is 16.8. The summed E-state index contributed by atoms with van der Waals surface area (Å²) >= 11 is 1.87. The molecule has 0 N–H and O–H groups in total. The summed E-state index contributed by atoms with van der Waals surface area (Å²) in [6.45, 7) is 0. The Balaban J connectivity index is 0.992. The van der Waals surface area contributed by atoms with Crippen LogP contribution in [0.25, 0.3) is 86.3 Å². The van der Waals surface area contributed by atoms with Gasteiger partial charge in [0, 0.05) is 53.3 Å². The average molecular weight is 884 g/mol. The van der Waals surface area contributed by atoms with Crippen molar-refractivity contribution < 1.29 is 4.42 Å². The van der Waals surface area contributed by atoms with Crippen LogP contribution in [0.4, 0.5) is 17.1 Å². The SMILES string of the molecule is c1ccc(C2(c3ccccc3)c3ccccc3-c3ccc(N(c4ccc(-c5cccc6c5sc5ccccc56)cc4)c4ccccc4-c4ccc5oc6c7ccccc7ccc6c5c4)cc32)cc1. The average Bonchev–Trinajstić information content (AvgIpc) is 4.08. The van der Waals surface area contributed by atoms with Gasteiger partial charge in [-0.25, -0.2) is 0 Å². The minimum Gasteiger partial charge on any atom is -0.455 e. The highest BCUT2D eigenvalue weighted by Crippen LogP contribution is 2.57. The molecule has 0 aliphatic heterocycles. The number of hydrogen-bond donors (Lipinski definition) is 0. The molecule has 1 aliphatic carbocycles. The summed E-state index contributed by atoms with van der Waals surface area (Å²) in [5, 5.41) is 7.14. The quantitative estimate of drug-likeness (QED) is 0.159. The topological polar surface area (TPSA) is 16.4 Å². The van der Waals surface area contributed by atoms with Crippen LogP contribution in [0.5, 0.6) is 0 Å². The molecular formula is C65H41NOS. The fourth-order valence-electron chi connectivity index (χ4n) is 11.3. The van der Waals surface area contributed by atoms with Gasteiger partial charge >= 0.3 is 0 Å². The van der Waals surface area contributed by atoms with Crippen LogP contribution in [0.15, 0.2) is 253 Å². The van der Waals surface area contributed by atoms with Crippen molar-refractivity contribution in [3.05, 3.63) is 271 Å². The van der Waals surface area contributed by atoms with Gasteiger partial charge < -0.3 is 9.32 Å². The lowest BCUT2D eigenvalue weighted by molar-refractivity contribution is 0.672. The van der Waals surface area contributed by atoms with Crippen LogP contribution < -0.4 is 4.90 Å². The van der Waals surface area contributed by atoms with Gasteiger partial charge in [0.2, 0.25) is 0 Å². The van der Waals surface area contributed by atoms with Crippen LogP contribution in [0.3, 0.4) is 0 Å². The van der Waals surface area contributed by atoms with E-state index in [2.05, 4.69) is 254 Å². The fourth-order valence-corrected chi connectivity index (χ4v) is 12.6. The summed E-state index contributed by atoms with van der Waals surface area (Å²) < 4.78 is 9.24. The van der Waals surface area contributed by atoms with Gasteiger partial charge in [-0.1, -0.05) is 194 Å². The van der Waals surface area contributed by atoms with Gasteiger partial charge in [0.25, 0.3) is 0 Å². The van der Waals surface area contributed by atoms with Gasteiger partial charge in [-0.3, -0.25) is 0 Å². The number of fused-ring (bicyclic) bond motifs is 11. The van der Waals surface area contributed by atoms with Gasteiger partial charge in [-0.2, -0.15) is 0 Å². The lowest BCUT2D eigenvalue weighted by Crippen LogP contribution is -2.28. The fraction of sp³-hybridized carbons (Fsp3) is 0.0154. The first kappa shape index (κ1) is 38.7. The summed E-state index contributed by atoms with van der Waals surface area (Å²) in [4.78, 5) is 2.47. The molecule has 0 fully saturated rings. The van der Waals surface area contributed by atoms with E-state index in [1.807, 2.05) is 11.3 Å². The number of thiophene rings is 1. The number of nitrogens with zero attached hydrogens (tertiary/aromatic N) is 1. The van der Waals surface area contributed by atoms with Gasteiger partial charge in [-0.15, -0.1) is 11.3 Å². The molecule has 0 atom stereocenters. The second kappa shape index (κ2) is 15.3. The zero-order valence-electron chi connectivity index (χ0n) is 36.9. The minimum absolute atomic E-state index is 0.542. The van der Waals surface area contributed by atoms with Gasteiger partial charge in [-0.05, 0) is 110 Å². The van der Waals surface area contributed by atoms with Crippen molar-refractivity contribution >= 4 is 81.3 Å². The molecule has 68 heavy (non-hydrogen) atoms. The molecule has 318 valence electrons. The van der Waals surface area contributed by atoms with Gasteiger partial charge in [0.1, 0.15) is 11.2 Å². The molecule has 11 aromatic carbocycles. The molecule has 3 heteroatoms. The Hall–Kier alpha value is -8.50. The maximum absolute atomic E-state index is 6.62. The number of rotatable bonds is 7. The molecule has 0 radical (unpaired) electrons. The molecule has 1 aliphatic rings. The molecule has 0 spiro atoms. The normalized spacial score (nSPS) is 12.8. The third-order valence-corrected chi connectivity index (χ3v) is 15.6. The number of para-hydroxylation sites is 1. The number of hydrogen-bond acceptors (Lipinski definition) is 3. The number of furan rings is 1. The number of anilines is 3. The Morgan fingerprint density at radius 2 is 1.00 bits per heavy atom. The Kier molecular flexibility index (Phi) is 8.71. The molecule has 0 bridgehead atoms. The smallest absolute Gasteiger partial charge is 0.143 e. The zero-order chi connectivity index (χ0) is 44.8. The molecule has 0 saturated heterocycles. The molecule has 13 aromatic rings. The largest absolute Gasteiger partial charge is 0.455 e. The van der Waals surface area contributed by atoms with Crippen LogP contribution in [-0.4, -0.2) is 0 Å². The monoisotopic (exact) mass is 883 g/mol. The van der Waals surface area contributed by atoms with Crippen molar-refractivity contribution in [3.8, 4) is 33.4 Å². The molecule has 0 saturated carbocycles. The van der Waals surface area contributed by atoms with Crippen LogP contribution >= 0.6 is 11.3 Å². The van der Waals surface area contributed by atoms with Crippen LogP contribution in [0, 0.1) is 0 Å². The molecule has 0 unspecified atom stereocenters. The third-order valence-electron chi connectivity index (χ3n) is 14.4. The van der Waals surface area contributed by atoms with Crippen molar-refractivity contribution in [1.82, 2.24) is 0 Å². The van der Waals surface area contributed by atoms with Gasteiger partial charge in [0.15, 0.2) is 0 Å². The van der Waals surface area contributed by atoms with E-state index >= 15 is 0 Å². The van der Waals surface area contributed by atoms with E-state index in [1.54, 1.807) is 0 Å². The second-order valence-electron chi connectivity index (χ2n) is 17.9. The van der Waals surface area contributed by atoms with Crippen LogP contribution in [0.2, 0.25) is 0 Å². The number of benzene rings is 11. The molecular weight excluding hydrogens is 843 g/mol. The highest BCUT2D eigenvalue weighted by molar-refractivity contribution is 7.26. The predicted molar refractivity (Wildman–Crippen MR) is 287 cm³/mol. The maximum Gasteiger partial charge on any atom is 0.143 e. The zero-order valence-corrected chi connectivity index (χ0v) is 37.8. The van der Waals surface area contributed by atoms with E-state index in [9.17, 15) is 0 Å². The molecule has 14 rings (SSSR count). The first-order valence-corrected chi connectivity index (χ1v) is 24.1. The first-order valence-electron chi connectivity index (χ1n) is 23.3. The van der Waals surface area contributed by atoms with E-state index in [4.69, 9.17) is 4.42 Å². The third kappa shape index (κ3) is 5.76. The van der Waals surface area contributed by atoms with Crippen molar-refractivity contribution in [2.75, 3.05) is 4.90 Å². The molecule has 2 nitrogen and oxygen atoms in total. The maximum atomic E-state index is 6.62. The van der Waals surface area contributed by atoms with Crippen LogP contribution in [-0.2, 0) is 5.41 Å². The summed E-state index contributed by atoms with van der Waals surface area (Å²) in [7, 11) is 0. The van der Waals surface area contributed by atoms with E-state index < -0.39 is 5.41 Å². The second-order valence-corrected chi connectivity index (χ2v) is 19.0. The van der Waals surface area contributed by atoms with Crippen molar-refractivity contribution in [3.63, 3.8) is 0 Å². The van der Waals surface area contributed by atoms with E-state index in [-0.39, 0.29) is 0 Å². The standard InChI is InChI=1S/C65H41NOS/c1-3-17-45(18-4-1)65(46-19-5-2-6-20-46)58-27-12-9-23-52(58)53-38-36-48(41-59(53)65)66(47-34-30-43(31-35-47)51-25-15-26-56-54-24-11-14-29-62(54)68-64(51)56)60-28-13-10-21-49(60)44-33-39-61-57(40-44)55-37-32-42-16-7-8-22-50(42)63(55)67-61/h1-41H. The van der Waals surface area contributed by atoms with E-state index in [1.165, 1.54) is 70.1 Å². The van der Waals surface area contributed by atoms with Crippen molar-refractivity contribution in [2.45, 2.75) is 5.41 Å². The highest BCUT2D eigenvalue weighted by atomic mass is 32.1. The summed E-state index contributed by atoms with van der Waals surface area (Å²) in [5.74, 6) is 0. The van der Waals surface area contributed by atoms with Crippen molar-refractivity contribution in [1.29, 1.82) is 0 Å². The van der Waals surface area contributed by atoms with E-state index in [0.29, 0.717) is 0 Å². The Morgan fingerprint density at radius 1 is 0.368 bits per heavy atom. The Bertz CT molecular complexity index is 4050. The lowest BCUT2D eigenvalue weighted by atomic mass is 9.67. The first-order chi connectivity index (χ1) is 33.7. The summed E-state index contributed by atoms with van der Waals surface area (Å²) in [6, 6.07) is 91.4. The van der Waals surface area contributed by atoms with Crippen molar-refractivity contribution in [2.24, 2.45) is 0 Å².